The Morgan fingerprint density at radius 2 is 2.00 bits per heavy atom. The predicted octanol–water partition coefficient (Wildman–Crippen LogP) is 1.70. The number of nitrogens with zero attached hydrogens (tertiary/aromatic N) is 5. The molecule has 1 aromatic heterocycles. The maximum absolute atomic E-state index is 12.6. The Morgan fingerprint density at radius 3 is 2.73 bits per heavy atom. The molecule has 0 saturated carbocycles. The van der Waals surface area contributed by atoms with Crippen molar-refractivity contribution in [3.63, 3.8) is 0 Å². The van der Waals surface area contributed by atoms with Crippen LogP contribution in [0.25, 0.3) is 5.69 Å². The van der Waals surface area contributed by atoms with Gasteiger partial charge in [-0.3, -0.25) is 9.59 Å². The van der Waals surface area contributed by atoms with Gasteiger partial charge >= 0.3 is 0 Å². The Labute approximate surface area is 173 Å². The summed E-state index contributed by atoms with van der Waals surface area (Å²) in [7, 11) is 1.63. The number of para-hydroxylation sites is 1. The zero-order chi connectivity index (χ0) is 20.9. The first kappa shape index (κ1) is 19.6. The highest BCUT2D eigenvalue weighted by molar-refractivity contribution is 5.97. The Balaban J connectivity index is 1.32. The summed E-state index contributed by atoms with van der Waals surface area (Å²) < 4.78 is 6.89. The first-order valence-electron chi connectivity index (χ1n) is 9.68. The fourth-order valence-corrected chi connectivity index (χ4v) is 3.55. The molecule has 30 heavy (non-hydrogen) atoms. The highest BCUT2D eigenvalue weighted by Crippen LogP contribution is 2.23. The van der Waals surface area contributed by atoms with Gasteiger partial charge < -0.3 is 15.0 Å². The summed E-state index contributed by atoms with van der Waals surface area (Å²) in [5.41, 5.74) is 2.50. The van der Waals surface area contributed by atoms with Crippen molar-refractivity contribution in [1.29, 1.82) is 0 Å². The van der Waals surface area contributed by atoms with Crippen LogP contribution in [0.15, 0.2) is 54.9 Å². The van der Waals surface area contributed by atoms with E-state index in [0.29, 0.717) is 25.2 Å². The lowest BCUT2D eigenvalue weighted by atomic mass is 10.1. The van der Waals surface area contributed by atoms with Gasteiger partial charge in [-0.1, -0.05) is 18.2 Å². The van der Waals surface area contributed by atoms with E-state index in [9.17, 15) is 9.59 Å². The smallest absolute Gasteiger partial charge is 0.229 e. The van der Waals surface area contributed by atoms with Gasteiger partial charge in [-0.2, -0.15) is 0 Å². The maximum atomic E-state index is 12.6. The van der Waals surface area contributed by atoms with Crippen molar-refractivity contribution in [3.8, 4) is 11.4 Å². The maximum Gasteiger partial charge on any atom is 0.229 e. The van der Waals surface area contributed by atoms with Crippen molar-refractivity contribution >= 4 is 17.5 Å². The van der Waals surface area contributed by atoms with E-state index in [2.05, 4.69) is 20.8 Å². The summed E-state index contributed by atoms with van der Waals surface area (Å²) >= 11 is 0. The molecular weight excluding hydrogens is 384 g/mol. The number of anilines is 1. The number of likely N-dealkylation sites (tertiary alicyclic amines) is 1. The van der Waals surface area contributed by atoms with Gasteiger partial charge in [0.2, 0.25) is 11.8 Å². The van der Waals surface area contributed by atoms with Crippen molar-refractivity contribution in [2.24, 2.45) is 5.92 Å². The number of ether oxygens (including phenoxy) is 1. The lowest BCUT2D eigenvalue weighted by Gasteiger charge is -2.17. The van der Waals surface area contributed by atoms with Crippen molar-refractivity contribution < 1.29 is 14.3 Å². The second kappa shape index (κ2) is 8.73. The van der Waals surface area contributed by atoms with Crippen molar-refractivity contribution in [2.45, 2.75) is 12.8 Å². The number of rotatable bonds is 7. The van der Waals surface area contributed by atoms with Gasteiger partial charge in [0.1, 0.15) is 12.1 Å². The van der Waals surface area contributed by atoms with E-state index in [1.54, 1.807) is 24.1 Å². The minimum atomic E-state index is -0.366. The third-order valence-electron chi connectivity index (χ3n) is 5.18. The van der Waals surface area contributed by atoms with Crippen LogP contribution in [0.1, 0.15) is 12.0 Å². The van der Waals surface area contributed by atoms with Gasteiger partial charge in [0.05, 0.1) is 18.7 Å². The highest BCUT2D eigenvalue weighted by atomic mass is 16.5. The number of carbonyl (C=O) groups is 2. The second-order valence-corrected chi connectivity index (χ2v) is 7.09. The normalized spacial score (nSPS) is 16.0. The summed E-state index contributed by atoms with van der Waals surface area (Å²) in [4.78, 5) is 26.8. The van der Waals surface area contributed by atoms with Gasteiger partial charge in [0.15, 0.2) is 0 Å². The molecule has 4 rings (SSSR count). The Kier molecular flexibility index (Phi) is 5.69. The number of aromatic nitrogens is 4. The summed E-state index contributed by atoms with van der Waals surface area (Å²) in [5.74, 6) is 0.287. The topological polar surface area (TPSA) is 102 Å². The van der Waals surface area contributed by atoms with Gasteiger partial charge in [-0.15, -0.1) is 5.10 Å². The molecular formula is C21H22N6O3. The minimum Gasteiger partial charge on any atom is -0.496 e. The number of hydrogen-bond acceptors (Lipinski definition) is 6. The summed E-state index contributed by atoms with van der Waals surface area (Å²) in [5, 5.41) is 13.9. The third kappa shape index (κ3) is 4.29. The van der Waals surface area contributed by atoms with Gasteiger partial charge in [0, 0.05) is 25.2 Å². The molecule has 0 spiro atoms. The summed E-state index contributed by atoms with van der Waals surface area (Å²) in [6.07, 6.45) is 2.40. The van der Waals surface area contributed by atoms with Crippen molar-refractivity contribution in [1.82, 2.24) is 25.1 Å². The molecule has 0 aliphatic carbocycles. The number of amides is 2. The minimum absolute atomic E-state index is 0.000854. The number of nitrogens with one attached hydrogen (secondary N) is 1. The molecule has 9 heteroatoms. The molecule has 2 heterocycles. The average Bonchev–Trinajstić information content (AvgIpc) is 3.43. The van der Waals surface area contributed by atoms with Crippen LogP contribution in [0.4, 0.5) is 5.69 Å². The van der Waals surface area contributed by atoms with Crippen LogP contribution in [0.5, 0.6) is 5.75 Å². The molecule has 1 aliphatic heterocycles. The van der Waals surface area contributed by atoms with E-state index in [0.717, 1.165) is 17.0 Å². The number of benzene rings is 2. The van der Waals surface area contributed by atoms with E-state index in [1.165, 1.54) is 11.0 Å². The van der Waals surface area contributed by atoms with Crippen LogP contribution in [-0.4, -0.2) is 57.1 Å². The molecule has 1 fully saturated rings. The molecule has 2 amide bonds. The first-order chi connectivity index (χ1) is 14.6. The molecule has 0 radical (unpaired) electrons. The Hall–Kier alpha value is -3.75. The van der Waals surface area contributed by atoms with Crippen LogP contribution >= 0.6 is 0 Å². The fraction of sp³-hybridized carbons (Fsp3) is 0.286. The quantitative estimate of drug-likeness (QED) is 0.641. The largest absolute Gasteiger partial charge is 0.496 e. The first-order valence-corrected chi connectivity index (χ1v) is 9.68. The van der Waals surface area contributed by atoms with Crippen LogP contribution in [-0.2, 0) is 16.0 Å². The lowest BCUT2D eigenvalue weighted by molar-refractivity contribution is -0.128. The molecule has 0 bridgehead atoms. The van der Waals surface area contributed by atoms with Gasteiger partial charge in [-0.05, 0) is 52.7 Å². The Bertz CT molecular complexity index is 1020. The number of methoxy groups -OCH3 is 1. The molecule has 2 aromatic carbocycles. The van der Waals surface area contributed by atoms with E-state index >= 15 is 0 Å². The second-order valence-electron chi connectivity index (χ2n) is 7.09. The molecule has 1 saturated heterocycles. The van der Waals surface area contributed by atoms with Crippen LogP contribution in [0, 0.1) is 5.92 Å². The number of carbonyl (C=O) groups excluding carboxylic acids is 2. The van der Waals surface area contributed by atoms with E-state index in [1.807, 2.05) is 36.4 Å². The molecule has 3 aromatic rings. The molecule has 154 valence electrons. The molecule has 1 N–H and O–H groups in total. The van der Waals surface area contributed by atoms with Gasteiger partial charge in [0.25, 0.3) is 0 Å². The van der Waals surface area contributed by atoms with Crippen LogP contribution < -0.4 is 10.1 Å². The monoisotopic (exact) mass is 406 g/mol. The summed E-state index contributed by atoms with van der Waals surface area (Å²) in [6, 6.07) is 14.9. The van der Waals surface area contributed by atoms with E-state index in [4.69, 9.17) is 4.74 Å². The highest BCUT2D eigenvalue weighted by Gasteiger charge is 2.34. The fourth-order valence-electron chi connectivity index (χ4n) is 3.55. The molecule has 0 unspecified atom stereocenters. The van der Waals surface area contributed by atoms with Gasteiger partial charge in [-0.25, -0.2) is 4.68 Å². The SMILES string of the molecule is COc1ccccc1CCN1C[C@H](C(=O)Nc2ccc(-n3cnnn3)cc2)CC1=O. The predicted molar refractivity (Wildman–Crippen MR) is 109 cm³/mol. The number of hydrogen-bond donors (Lipinski definition) is 1. The van der Waals surface area contributed by atoms with Crippen LogP contribution in [0.3, 0.4) is 0 Å². The molecule has 9 nitrogen and oxygen atoms in total. The lowest BCUT2D eigenvalue weighted by Crippen LogP contribution is -2.30. The standard InChI is InChI=1S/C21H22N6O3/c1-30-19-5-3-2-4-15(19)10-11-26-13-16(12-20(26)28)21(29)23-17-6-8-18(9-7-17)27-14-22-24-25-27/h2-9,14,16H,10-13H2,1H3,(H,23,29)/t16-/m1/s1. The average molecular weight is 406 g/mol. The zero-order valence-electron chi connectivity index (χ0n) is 16.6. The van der Waals surface area contributed by atoms with Crippen molar-refractivity contribution in [2.75, 3.05) is 25.5 Å². The third-order valence-corrected chi connectivity index (χ3v) is 5.18. The zero-order valence-corrected chi connectivity index (χ0v) is 16.6. The van der Waals surface area contributed by atoms with E-state index in [-0.39, 0.29) is 24.2 Å². The Morgan fingerprint density at radius 1 is 1.20 bits per heavy atom. The summed E-state index contributed by atoms with van der Waals surface area (Å²) in [6.45, 7) is 0.978. The molecule has 1 aliphatic rings. The van der Waals surface area contributed by atoms with E-state index < -0.39 is 0 Å². The van der Waals surface area contributed by atoms with Crippen LogP contribution in [0.2, 0.25) is 0 Å². The number of tetrazole rings is 1. The molecule has 1 atom stereocenters. The van der Waals surface area contributed by atoms with Crippen molar-refractivity contribution in [3.05, 3.63) is 60.4 Å².